The normalized spacial score (nSPS) is 11.4. The van der Waals surface area contributed by atoms with Crippen molar-refractivity contribution in [3.8, 4) is 0 Å². The van der Waals surface area contributed by atoms with Gasteiger partial charge in [-0.25, -0.2) is 0 Å². The fourth-order valence-electron chi connectivity index (χ4n) is 3.14. The summed E-state index contributed by atoms with van der Waals surface area (Å²) in [5.41, 5.74) is 1.46. The number of ketones is 2. The molecule has 0 fully saturated rings. The van der Waals surface area contributed by atoms with Crippen molar-refractivity contribution in [2.24, 2.45) is 0 Å². The second-order valence-electron chi connectivity index (χ2n) is 5.80. The highest BCUT2D eigenvalue weighted by Gasteiger charge is 2.12. The van der Waals surface area contributed by atoms with Gasteiger partial charge in [0.25, 0.3) is 0 Å². The maximum atomic E-state index is 11.7. The Labute approximate surface area is 137 Å². The van der Waals surface area contributed by atoms with Crippen LogP contribution in [0, 0.1) is 0 Å². The van der Waals surface area contributed by atoms with E-state index in [-0.39, 0.29) is 11.6 Å². The van der Waals surface area contributed by atoms with E-state index >= 15 is 0 Å². The maximum Gasteiger partial charge on any atom is 0.159 e. The molecule has 0 radical (unpaired) electrons. The Morgan fingerprint density at radius 2 is 1.26 bits per heavy atom. The molecule has 0 aliphatic carbocycles. The van der Waals surface area contributed by atoms with Crippen LogP contribution in [0.4, 0.5) is 0 Å². The van der Waals surface area contributed by atoms with E-state index in [9.17, 15) is 9.59 Å². The number of carbonyl (C=O) groups excluding carboxylic acids is 2. The van der Waals surface area contributed by atoms with Gasteiger partial charge in [0.15, 0.2) is 11.6 Å². The van der Waals surface area contributed by atoms with Gasteiger partial charge in [-0.15, -0.1) is 11.3 Å². The largest absolute Gasteiger partial charge is 0.295 e. The van der Waals surface area contributed by atoms with E-state index in [4.69, 9.17) is 0 Å². The summed E-state index contributed by atoms with van der Waals surface area (Å²) in [6.45, 7) is 3.18. The fraction of sp³-hybridized carbons (Fsp3) is 0.100. The Bertz CT molecular complexity index is 1030. The summed E-state index contributed by atoms with van der Waals surface area (Å²) in [6.07, 6.45) is 0. The van der Waals surface area contributed by atoms with E-state index in [0.29, 0.717) is 0 Å². The maximum absolute atomic E-state index is 11.7. The van der Waals surface area contributed by atoms with Crippen LogP contribution in [0.1, 0.15) is 34.6 Å². The molecule has 0 aliphatic rings. The molecular formula is C20H14O2S. The summed E-state index contributed by atoms with van der Waals surface area (Å²) in [6, 6.07) is 13.8. The van der Waals surface area contributed by atoms with Crippen molar-refractivity contribution in [1.29, 1.82) is 0 Å². The van der Waals surface area contributed by atoms with Gasteiger partial charge in [0.05, 0.1) is 0 Å². The van der Waals surface area contributed by atoms with Crippen LogP contribution in [-0.2, 0) is 0 Å². The van der Waals surface area contributed by atoms with Crippen molar-refractivity contribution < 1.29 is 9.59 Å². The van der Waals surface area contributed by atoms with Gasteiger partial charge in [-0.1, -0.05) is 24.3 Å². The molecule has 1 aromatic heterocycles. The molecule has 0 amide bonds. The summed E-state index contributed by atoms with van der Waals surface area (Å²) in [5.74, 6) is 0.144. The van der Waals surface area contributed by atoms with Crippen molar-refractivity contribution in [2.45, 2.75) is 13.8 Å². The van der Waals surface area contributed by atoms with Gasteiger partial charge in [-0.3, -0.25) is 9.59 Å². The topological polar surface area (TPSA) is 34.1 Å². The Hall–Kier alpha value is -2.52. The summed E-state index contributed by atoms with van der Waals surface area (Å²) >= 11 is 1.67. The average Bonchev–Trinajstić information content (AvgIpc) is 3.04. The number of thiophene rings is 1. The molecule has 3 aromatic carbocycles. The molecular weight excluding hydrogens is 304 g/mol. The van der Waals surface area contributed by atoms with E-state index in [1.807, 2.05) is 36.4 Å². The van der Waals surface area contributed by atoms with Crippen LogP contribution in [0.25, 0.3) is 31.6 Å². The highest BCUT2D eigenvalue weighted by atomic mass is 32.1. The zero-order chi connectivity index (χ0) is 16.1. The minimum absolute atomic E-state index is 0.0716. The first-order valence-electron chi connectivity index (χ1n) is 7.45. The fourth-order valence-corrected chi connectivity index (χ4v) is 4.08. The summed E-state index contributed by atoms with van der Waals surface area (Å²) in [4.78, 5) is 23.4. The predicted molar refractivity (Wildman–Crippen MR) is 96.8 cm³/mol. The molecule has 0 spiro atoms. The van der Waals surface area contributed by atoms with Crippen LogP contribution >= 0.6 is 11.3 Å². The Kier molecular flexibility index (Phi) is 3.06. The first-order valence-corrected chi connectivity index (χ1v) is 8.33. The lowest BCUT2D eigenvalue weighted by Gasteiger charge is -2.09. The quantitative estimate of drug-likeness (QED) is 0.355. The van der Waals surface area contributed by atoms with Crippen LogP contribution in [0.3, 0.4) is 0 Å². The number of rotatable bonds is 2. The van der Waals surface area contributed by atoms with E-state index < -0.39 is 0 Å². The van der Waals surface area contributed by atoms with Crippen molar-refractivity contribution in [2.75, 3.05) is 0 Å². The van der Waals surface area contributed by atoms with Gasteiger partial charge in [0, 0.05) is 26.6 Å². The molecule has 0 atom stereocenters. The van der Waals surface area contributed by atoms with Crippen molar-refractivity contribution in [3.05, 3.63) is 59.0 Å². The Morgan fingerprint density at radius 3 is 1.87 bits per heavy atom. The Balaban J connectivity index is 2.23. The van der Waals surface area contributed by atoms with Gasteiger partial charge in [-0.05, 0) is 53.6 Å². The average molecular weight is 318 g/mol. The smallest absolute Gasteiger partial charge is 0.159 e. The SMILES string of the molecule is CC(=O)c1ccc2c(c1)c1ccsc1c1cc(C(C)=O)ccc21. The highest BCUT2D eigenvalue weighted by Crippen LogP contribution is 2.38. The Morgan fingerprint density at radius 1 is 0.696 bits per heavy atom. The van der Waals surface area contributed by atoms with Gasteiger partial charge in [-0.2, -0.15) is 0 Å². The highest BCUT2D eigenvalue weighted by molar-refractivity contribution is 7.18. The van der Waals surface area contributed by atoms with E-state index in [1.165, 1.54) is 0 Å². The first kappa shape index (κ1) is 14.1. The number of Topliss-reactive ketones (excluding diaryl/α,β-unsaturated/α-hetero) is 2. The number of benzene rings is 3. The number of fused-ring (bicyclic) bond motifs is 6. The number of carbonyl (C=O) groups is 2. The molecule has 4 rings (SSSR count). The molecule has 1 heterocycles. The van der Waals surface area contributed by atoms with Gasteiger partial charge < -0.3 is 0 Å². The molecule has 4 aromatic rings. The van der Waals surface area contributed by atoms with E-state index in [2.05, 4.69) is 11.4 Å². The summed E-state index contributed by atoms with van der Waals surface area (Å²) < 4.78 is 1.16. The first-order chi connectivity index (χ1) is 11.1. The van der Waals surface area contributed by atoms with Crippen molar-refractivity contribution in [3.63, 3.8) is 0 Å². The van der Waals surface area contributed by atoms with Gasteiger partial charge >= 0.3 is 0 Å². The van der Waals surface area contributed by atoms with Crippen LogP contribution in [0.15, 0.2) is 47.8 Å². The molecule has 112 valence electrons. The third-order valence-electron chi connectivity index (χ3n) is 4.34. The third-order valence-corrected chi connectivity index (χ3v) is 5.29. The summed E-state index contributed by atoms with van der Waals surface area (Å²) in [5, 5.41) is 7.63. The molecule has 2 nitrogen and oxygen atoms in total. The zero-order valence-corrected chi connectivity index (χ0v) is 13.7. The summed E-state index contributed by atoms with van der Waals surface area (Å²) in [7, 11) is 0. The molecule has 23 heavy (non-hydrogen) atoms. The van der Waals surface area contributed by atoms with Crippen LogP contribution in [-0.4, -0.2) is 11.6 Å². The van der Waals surface area contributed by atoms with Crippen molar-refractivity contribution >= 4 is 54.5 Å². The van der Waals surface area contributed by atoms with Crippen LogP contribution < -0.4 is 0 Å². The van der Waals surface area contributed by atoms with E-state index in [1.54, 1.807) is 25.2 Å². The van der Waals surface area contributed by atoms with Gasteiger partial charge in [0.2, 0.25) is 0 Å². The van der Waals surface area contributed by atoms with Crippen molar-refractivity contribution in [1.82, 2.24) is 0 Å². The minimum Gasteiger partial charge on any atom is -0.295 e. The molecule has 0 N–H and O–H groups in total. The van der Waals surface area contributed by atoms with Crippen LogP contribution in [0.5, 0.6) is 0 Å². The monoisotopic (exact) mass is 318 g/mol. The molecule has 0 saturated heterocycles. The van der Waals surface area contributed by atoms with E-state index in [0.717, 1.165) is 42.8 Å². The second kappa shape index (κ2) is 5.00. The molecule has 0 unspecified atom stereocenters. The lowest BCUT2D eigenvalue weighted by Crippen LogP contribution is -1.93. The zero-order valence-electron chi connectivity index (χ0n) is 12.8. The molecule has 3 heteroatoms. The van der Waals surface area contributed by atoms with Gasteiger partial charge in [0.1, 0.15) is 0 Å². The number of hydrogen-bond acceptors (Lipinski definition) is 3. The third kappa shape index (κ3) is 2.08. The lowest BCUT2D eigenvalue weighted by molar-refractivity contribution is 0.100. The molecule has 0 saturated carbocycles. The van der Waals surface area contributed by atoms with Crippen LogP contribution in [0.2, 0.25) is 0 Å². The molecule has 0 aliphatic heterocycles. The predicted octanol–water partition coefficient (Wildman–Crippen LogP) is 5.61. The lowest BCUT2D eigenvalue weighted by atomic mass is 9.95. The minimum atomic E-state index is 0.0716. The second-order valence-corrected chi connectivity index (χ2v) is 6.71. The molecule has 0 bridgehead atoms. The number of hydrogen-bond donors (Lipinski definition) is 0. The standard InChI is InChI=1S/C20H14O2S/c1-11(21)13-3-5-15-16-6-4-14(12(2)22)10-19(16)20-17(7-8-23-20)18(15)9-13/h3-10H,1-2H3.